The Morgan fingerprint density at radius 1 is 1.21 bits per heavy atom. The van der Waals surface area contributed by atoms with Crippen molar-refractivity contribution < 1.29 is 4.79 Å². The van der Waals surface area contributed by atoms with Crippen molar-refractivity contribution in [2.24, 2.45) is 5.10 Å². The Morgan fingerprint density at radius 3 is 2.61 bits per heavy atom. The molecule has 0 radical (unpaired) electrons. The zero-order chi connectivity index (χ0) is 20.6. The van der Waals surface area contributed by atoms with E-state index in [0.29, 0.717) is 21.5 Å². The van der Waals surface area contributed by atoms with E-state index in [1.54, 1.807) is 18.3 Å². The Morgan fingerprint density at radius 2 is 1.93 bits per heavy atom. The van der Waals surface area contributed by atoms with Gasteiger partial charge in [0.2, 0.25) is 0 Å². The van der Waals surface area contributed by atoms with Gasteiger partial charge in [0.1, 0.15) is 0 Å². The second-order valence-electron chi connectivity index (χ2n) is 7.73. The monoisotopic (exact) mass is 437 g/mol. The van der Waals surface area contributed by atoms with Crippen molar-refractivity contribution in [1.29, 1.82) is 0 Å². The predicted molar refractivity (Wildman–Crippen MR) is 118 cm³/mol. The van der Waals surface area contributed by atoms with Gasteiger partial charge in [-0.05, 0) is 62.1 Å². The van der Waals surface area contributed by atoms with Gasteiger partial charge >= 0.3 is 0 Å². The summed E-state index contributed by atoms with van der Waals surface area (Å²) >= 11 is 18.4. The summed E-state index contributed by atoms with van der Waals surface area (Å²) in [5.41, 5.74) is 5.95. The van der Waals surface area contributed by atoms with Gasteiger partial charge in [-0.3, -0.25) is 4.79 Å². The molecular formula is C21H22Cl3N3O. The van der Waals surface area contributed by atoms with Gasteiger partial charge in [0.05, 0.1) is 21.8 Å². The average molecular weight is 439 g/mol. The highest BCUT2D eigenvalue weighted by Gasteiger charge is 2.34. The van der Waals surface area contributed by atoms with E-state index in [2.05, 4.69) is 43.2 Å². The van der Waals surface area contributed by atoms with Crippen LogP contribution in [0.2, 0.25) is 15.1 Å². The third-order valence-electron chi connectivity index (χ3n) is 5.30. The van der Waals surface area contributed by atoms with Gasteiger partial charge in [0.25, 0.3) is 5.91 Å². The molecule has 7 heteroatoms. The number of nitrogens with zero attached hydrogens (tertiary/aromatic N) is 2. The second kappa shape index (κ2) is 7.94. The first-order chi connectivity index (χ1) is 13.1. The van der Waals surface area contributed by atoms with Crippen molar-refractivity contribution in [2.45, 2.75) is 38.6 Å². The fourth-order valence-corrected chi connectivity index (χ4v) is 4.30. The van der Waals surface area contributed by atoms with Crippen LogP contribution in [-0.4, -0.2) is 24.7 Å². The van der Waals surface area contributed by atoms with Crippen LogP contribution in [0.3, 0.4) is 0 Å². The number of carbonyl (C=O) groups excluding carboxylic acids is 1. The summed E-state index contributed by atoms with van der Waals surface area (Å²) < 4.78 is 0. The molecule has 148 valence electrons. The largest absolute Gasteiger partial charge is 0.369 e. The van der Waals surface area contributed by atoms with Crippen LogP contribution in [0.15, 0.2) is 35.4 Å². The molecule has 2 aromatic carbocycles. The lowest BCUT2D eigenvalue weighted by Gasteiger charge is -2.45. The molecule has 0 fully saturated rings. The van der Waals surface area contributed by atoms with Crippen LogP contribution in [0, 0.1) is 0 Å². The average Bonchev–Trinajstić information content (AvgIpc) is 2.60. The minimum Gasteiger partial charge on any atom is -0.369 e. The van der Waals surface area contributed by atoms with Crippen molar-refractivity contribution in [3.05, 3.63) is 62.1 Å². The lowest BCUT2D eigenvalue weighted by atomic mass is 9.80. The number of nitrogens with one attached hydrogen (secondary N) is 1. The number of hydrazone groups is 1. The Bertz CT molecular complexity index is 956. The van der Waals surface area contributed by atoms with Crippen LogP contribution < -0.4 is 10.3 Å². The van der Waals surface area contributed by atoms with Crippen LogP contribution in [0.4, 0.5) is 5.69 Å². The standard InChI is InChI=1S/C21H22Cl3N3O/c1-12-10-21(2,3)27(4)19-9-17(23)13(7-16(12)19)11-25-26-20(28)15-6-5-14(22)8-18(15)24/h5-9,11-12H,10H2,1-4H3,(H,26,28)/b25-11-/t12-/m1/s1. The molecule has 4 nitrogen and oxygen atoms in total. The maximum absolute atomic E-state index is 12.3. The fraction of sp³-hybridized carbons (Fsp3) is 0.333. The highest BCUT2D eigenvalue weighted by atomic mass is 35.5. The first-order valence-electron chi connectivity index (χ1n) is 8.96. The van der Waals surface area contributed by atoms with E-state index < -0.39 is 5.91 Å². The summed E-state index contributed by atoms with van der Waals surface area (Å²) in [6.07, 6.45) is 2.59. The van der Waals surface area contributed by atoms with Crippen molar-refractivity contribution in [3.63, 3.8) is 0 Å². The van der Waals surface area contributed by atoms with Gasteiger partial charge in [-0.1, -0.05) is 41.7 Å². The smallest absolute Gasteiger partial charge is 0.272 e. The number of hydrogen-bond acceptors (Lipinski definition) is 3. The van der Waals surface area contributed by atoms with E-state index in [4.69, 9.17) is 34.8 Å². The summed E-state index contributed by atoms with van der Waals surface area (Å²) in [5.74, 6) is -0.0186. The molecule has 1 aliphatic heterocycles. The summed E-state index contributed by atoms with van der Waals surface area (Å²) in [6, 6.07) is 8.68. The zero-order valence-electron chi connectivity index (χ0n) is 16.2. The summed E-state index contributed by atoms with van der Waals surface area (Å²) in [6.45, 7) is 6.67. The number of anilines is 1. The molecule has 2 aromatic rings. The fourth-order valence-electron chi connectivity index (χ4n) is 3.60. The molecule has 1 aliphatic rings. The number of hydrogen-bond donors (Lipinski definition) is 1. The van der Waals surface area contributed by atoms with E-state index in [1.807, 2.05) is 12.1 Å². The minimum absolute atomic E-state index is 0.0666. The van der Waals surface area contributed by atoms with Crippen LogP contribution >= 0.6 is 34.8 Å². The van der Waals surface area contributed by atoms with E-state index >= 15 is 0 Å². The van der Waals surface area contributed by atoms with Crippen molar-refractivity contribution in [3.8, 4) is 0 Å². The Labute approximate surface area is 180 Å². The summed E-state index contributed by atoms with van der Waals surface area (Å²) in [5, 5.41) is 5.37. The van der Waals surface area contributed by atoms with E-state index in [1.165, 1.54) is 11.6 Å². The van der Waals surface area contributed by atoms with Crippen molar-refractivity contribution in [1.82, 2.24) is 5.43 Å². The molecule has 1 atom stereocenters. The highest BCUT2D eigenvalue weighted by molar-refractivity contribution is 6.36. The van der Waals surface area contributed by atoms with Gasteiger partial charge in [0.15, 0.2) is 0 Å². The highest BCUT2D eigenvalue weighted by Crippen LogP contribution is 2.44. The number of rotatable bonds is 3. The molecule has 0 saturated carbocycles. The molecule has 28 heavy (non-hydrogen) atoms. The first kappa shape index (κ1) is 21.0. The van der Waals surface area contributed by atoms with Gasteiger partial charge in [-0.15, -0.1) is 0 Å². The van der Waals surface area contributed by atoms with Gasteiger partial charge in [-0.25, -0.2) is 5.43 Å². The van der Waals surface area contributed by atoms with E-state index in [-0.39, 0.29) is 10.6 Å². The quantitative estimate of drug-likeness (QED) is 0.462. The van der Waals surface area contributed by atoms with Crippen LogP contribution in [0.1, 0.15) is 54.6 Å². The van der Waals surface area contributed by atoms with Gasteiger partial charge in [-0.2, -0.15) is 5.10 Å². The lowest BCUT2D eigenvalue weighted by molar-refractivity contribution is 0.0955. The molecule has 1 N–H and O–H groups in total. The SMILES string of the molecule is C[C@@H]1CC(C)(C)N(C)c2cc(Cl)c(/C=N\NC(=O)c3ccc(Cl)cc3Cl)cc21. The molecule has 1 amide bonds. The molecule has 0 bridgehead atoms. The number of fused-ring (bicyclic) bond motifs is 1. The molecule has 0 aliphatic carbocycles. The molecule has 0 unspecified atom stereocenters. The van der Waals surface area contributed by atoms with Crippen LogP contribution in [-0.2, 0) is 0 Å². The molecule has 0 saturated heterocycles. The van der Waals surface area contributed by atoms with Crippen molar-refractivity contribution >= 4 is 52.6 Å². The topological polar surface area (TPSA) is 44.7 Å². The van der Waals surface area contributed by atoms with Crippen LogP contribution in [0.25, 0.3) is 0 Å². The van der Waals surface area contributed by atoms with E-state index in [9.17, 15) is 4.79 Å². The Hall–Kier alpha value is -1.75. The molecule has 0 aromatic heterocycles. The van der Waals surface area contributed by atoms with Crippen molar-refractivity contribution in [2.75, 3.05) is 11.9 Å². The zero-order valence-corrected chi connectivity index (χ0v) is 18.5. The summed E-state index contributed by atoms with van der Waals surface area (Å²) in [4.78, 5) is 14.5. The number of amides is 1. The minimum atomic E-state index is -0.415. The third kappa shape index (κ3) is 4.14. The maximum Gasteiger partial charge on any atom is 0.272 e. The maximum atomic E-state index is 12.3. The Balaban J connectivity index is 1.81. The third-order valence-corrected chi connectivity index (χ3v) is 6.17. The second-order valence-corrected chi connectivity index (χ2v) is 8.98. The molecule has 3 rings (SSSR count). The molecule has 1 heterocycles. The lowest BCUT2D eigenvalue weighted by Crippen LogP contribution is -2.45. The Kier molecular flexibility index (Phi) is 5.95. The van der Waals surface area contributed by atoms with Crippen LogP contribution in [0.5, 0.6) is 0 Å². The molecular weight excluding hydrogens is 417 g/mol. The first-order valence-corrected chi connectivity index (χ1v) is 10.1. The normalized spacial score (nSPS) is 18.2. The number of benzene rings is 2. The summed E-state index contributed by atoms with van der Waals surface area (Å²) in [7, 11) is 2.09. The van der Waals surface area contributed by atoms with Gasteiger partial charge in [0, 0.05) is 28.9 Å². The predicted octanol–water partition coefficient (Wildman–Crippen LogP) is 6.13. The number of halogens is 3. The van der Waals surface area contributed by atoms with Gasteiger partial charge < -0.3 is 4.90 Å². The van der Waals surface area contributed by atoms with E-state index in [0.717, 1.165) is 17.7 Å². The molecule has 0 spiro atoms. The number of carbonyl (C=O) groups is 1.